The Bertz CT molecular complexity index is 516. The molecule has 0 atom stereocenters. The molecule has 0 aliphatic carbocycles. The highest BCUT2D eigenvalue weighted by Gasteiger charge is 2.14. The Balaban J connectivity index is 2.77. The Morgan fingerprint density at radius 1 is 1.39 bits per heavy atom. The fraction of sp³-hybridized carbons (Fsp3) is 0.300. The SMILES string of the molecule is CNCc1cccc(NS(=O)(=O)NC(=O)OC)c1. The number of carbonyl (C=O) groups is 1. The maximum atomic E-state index is 11.5. The number of anilines is 1. The van der Waals surface area contributed by atoms with Crippen LogP contribution in [0.3, 0.4) is 0 Å². The summed E-state index contributed by atoms with van der Waals surface area (Å²) >= 11 is 0. The van der Waals surface area contributed by atoms with E-state index >= 15 is 0 Å². The Morgan fingerprint density at radius 2 is 2.11 bits per heavy atom. The second-order valence-corrected chi connectivity index (χ2v) is 4.84. The lowest BCUT2D eigenvalue weighted by molar-refractivity contribution is 0.177. The van der Waals surface area contributed by atoms with Gasteiger partial charge < -0.3 is 10.1 Å². The summed E-state index contributed by atoms with van der Waals surface area (Å²) in [6.07, 6.45) is -1.05. The number of rotatable bonds is 5. The van der Waals surface area contributed by atoms with Crippen molar-refractivity contribution in [3.63, 3.8) is 0 Å². The van der Waals surface area contributed by atoms with Gasteiger partial charge in [0.15, 0.2) is 0 Å². The van der Waals surface area contributed by atoms with Gasteiger partial charge in [-0.2, -0.15) is 8.42 Å². The van der Waals surface area contributed by atoms with Gasteiger partial charge in [0.05, 0.1) is 12.8 Å². The Hall–Kier alpha value is -1.80. The average Bonchev–Trinajstić information content (AvgIpc) is 2.28. The van der Waals surface area contributed by atoms with Crippen LogP contribution in [-0.2, 0) is 21.5 Å². The van der Waals surface area contributed by atoms with Crippen molar-refractivity contribution in [1.29, 1.82) is 0 Å². The summed E-state index contributed by atoms with van der Waals surface area (Å²) in [7, 11) is -1.10. The van der Waals surface area contributed by atoms with E-state index < -0.39 is 16.3 Å². The van der Waals surface area contributed by atoms with Crippen LogP contribution in [0.4, 0.5) is 10.5 Å². The van der Waals surface area contributed by atoms with Gasteiger partial charge in [-0.05, 0) is 24.7 Å². The summed E-state index contributed by atoms with van der Waals surface area (Å²) < 4.78 is 31.1. The van der Waals surface area contributed by atoms with E-state index in [0.29, 0.717) is 12.2 Å². The average molecular weight is 273 g/mol. The van der Waals surface area contributed by atoms with Gasteiger partial charge in [-0.15, -0.1) is 0 Å². The molecule has 1 amide bonds. The van der Waals surface area contributed by atoms with Gasteiger partial charge in [0.1, 0.15) is 0 Å². The molecule has 0 aliphatic rings. The molecule has 0 saturated carbocycles. The monoisotopic (exact) mass is 273 g/mol. The number of carbonyl (C=O) groups excluding carboxylic acids is 1. The molecular formula is C10H15N3O4S. The van der Waals surface area contributed by atoms with Gasteiger partial charge in [0, 0.05) is 6.54 Å². The molecule has 100 valence electrons. The molecular weight excluding hydrogens is 258 g/mol. The standard InChI is InChI=1S/C10H15N3O4S/c1-11-7-8-4-3-5-9(6-8)12-18(15,16)13-10(14)17-2/h3-6,11-12H,7H2,1-2H3,(H,13,14). The smallest absolute Gasteiger partial charge is 0.422 e. The highest BCUT2D eigenvalue weighted by Crippen LogP contribution is 2.11. The van der Waals surface area contributed by atoms with Crippen LogP contribution in [0.1, 0.15) is 5.56 Å². The predicted molar refractivity (Wildman–Crippen MR) is 67.3 cm³/mol. The lowest BCUT2D eigenvalue weighted by Crippen LogP contribution is -2.35. The normalized spacial score (nSPS) is 10.8. The van der Waals surface area contributed by atoms with E-state index in [1.165, 1.54) is 0 Å². The fourth-order valence-electron chi connectivity index (χ4n) is 1.28. The van der Waals surface area contributed by atoms with Crippen LogP contribution in [-0.4, -0.2) is 28.7 Å². The maximum absolute atomic E-state index is 11.5. The molecule has 1 aromatic carbocycles. The molecule has 8 heteroatoms. The number of ether oxygens (including phenoxy) is 1. The molecule has 7 nitrogen and oxygen atoms in total. The number of hydrogen-bond acceptors (Lipinski definition) is 5. The minimum atomic E-state index is -3.97. The molecule has 0 spiro atoms. The molecule has 0 aromatic heterocycles. The van der Waals surface area contributed by atoms with Gasteiger partial charge in [0.2, 0.25) is 0 Å². The molecule has 1 aromatic rings. The first-order chi connectivity index (χ1) is 8.46. The predicted octanol–water partition coefficient (Wildman–Crippen LogP) is 0.419. The van der Waals surface area contributed by atoms with Crippen LogP contribution in [0, 0.1) is 0 Å². The van der Waals surface area contributed by atoms with Crippen LogP contribution in [0.25, 0.3) is 0 Å². The van der Waals surface area contributed by atoms with Crippen molar-refractivity contribution in [2.45, 2.75) is 6.54 Å². The van der Waals surface area contributed by atoms with Crippen molar-refractivity contribution >= 4 is 22.0 Å². The summed E-state index contributed by atoms with van der Waals surface area (Å²) in [5.41, 5.74) is 1.27. The van der Waals surface area contributed by atoms with Crippen molar-refractivity contribution in [2.75, 3.05) is 18.9 Å². The maximum Gasteiger partial charge on any atom is 0.422 e. The Morgan fingerprint density at radius 3 is 2.72 bits per heavy atom. The van der Waals surface area contributed by atoms with Gasteiger partial charge in [-0.3, -0.25) is 4.72 Å². The molecule has 0 unspecified atom stereocenters. The van der Waals surface area contributed by atoms with Gasteiger partial charge >= 0.3 is 16.3 Å². The third-order valence-electron chi connectivity index (χ3n) is 1.96. The zero-order valence-corrected chi connectivity index (χ0v) is 10.9. The highest BCUT2D eigenvalue weighted by molar-refractivity contribution is 7.91. The third kappa shape index (κ3) is 4.60. The molecule has 0 fully saturated rings. The lowest BCUT2D eigenvalue weighted by Gasteiger charge is -2.09. The molecule has 0 saturated heterocycles. The Kier molecular flexibility index (Phi) is 4.93. The van der Waals surface area contributed by atoms with Gasteiger partial charge in [-0.1, -0.05) is 12.1 Å². The quantitative estimate of drug-likeness (QED) is 0.722. The second-order valence-electron chi connectivity index (χ2n) is 3.43. The summed E-state index contributed by atoms with van der Waals surface area (Å²) in [6.45, 7) is 0.611. The van der Waals surface area contributed by atoms with Crippen LogP contribution in [0.2, 0.25) is 0 Å². The van der Waals surface area contributed by atoms with Crippen molar-refractivity contribution in [3.05, 3.63) is 29.8 Å². The third-order valence-corrected chi connectivity index (χ3v) is 2.90. The van der Waals surface area contributed by atoms with Crippen molar-refractivity contribution in [2.24, 2.45) is 0 Å². The fourth-order valence-corrected chi connectivity index (χ4v) is 2.07. The summed E-state index contributed by atoms with van der Waals surface area (Å²) in [5, 5.41) is 2.95. The largest absolute Gasteiger partial charge is 0.452 e. The van der Waals surface area contributed by atoms with Crippen LogP contribution >= 0.6 is 0 Å². The van der Waals surface area contributed by atoms with E-state index in [4.69, 9.17) is 0 Å². The zero-order chi connectivity index (χ0) is 13.6. The summed E-state index contributed by atoms with van der Waals surface area (Å²) in [4.78, 5) is 10.8. The van der Waals surface area contributed by atoms with E-state index in [0.717, 1.165) is 12.7 Å². The van der Waals surface area contributed by atoms with E-state index in [9.17, 15) is 13.2 Å². The number of amides is 1. The van der Waals surface area contributed by atoms with E-state index in [-0.39, 0.29) is 0 Å². The van der Waals surface area contributed by atoms with E-state index in [1.807, 2.05) is 6.07 Å². The summed E-state index contributed by atoms with van der Waals surface area (Å²) in [6, 6.07) is 6.80. The van der Waals surface area contributed by atoms with Crippen LogP contribution in [0.15, 0.2) is 24.3 Å². The number of hydrogen-bond donors (Lipinski definition) is 3. The number of methoxy groups -OCH3 is 1. The minimum absolute atomic E-state index is 0.360. The Labute approximate surface area is 106 Å². The molecule has 18 heavy (non-hydrogen) atoms. The van der Waals surface area contributed by atoms with E-state index in [2.05, 4.69) is 14.8 Å². The van der Waals surface area contributed by atoms with Crippen molar-refractivity contribution < 1.29 is 17.9 Å². The van der Waals surface area contributed by atoms with Crippen LogP contribution < -0.4 is 14.8 Å². The highest BCUT2D eigenvalue weighted by atomic mass is 32.2. The summed E-state index contributed by atoms with van der Waals surface area (Å²) in [5.74, 6) is 0. The first kappa shape index (κ1) is 14.3. The first-order valence-corrected chi connectivity index (χ1v) is 6.57. The molecule has 0 heterocycles. The number of nitrogens with one attached hydrogen (secondary N) is 3. The first-order valence-electron chi connectivity index (χ1n) is 5.09. The minimum Gasteiger partial charge on any atom is -0.452 e. The zero-order valence-electron chi connectivity index (χ0n) is 10.1. The molecule has 0 radical (unpaired) electrons. The second kappa shape index (κ2) is 6.22. The molecule has 1 rings (SSSR count). The van der Waals surface area contributed by atoms with Gasteiger partial charge in [0.25, 0.3) is 0 Å². The molecule has 0 bridgehead atoms. The van der Waals surface area contributed by atoms with E-state index in [1.54, 1.807) is 30.0 Å². The number of benzene rings is 1. The molecule has 0 aliphatic heterocycles. The topological polar surface area (TPSA) is 96.5 Å². The van der Waals surface area contributed by atoms with Gasteiger partial charge in [-0.25, -0.2) is 9.52 Å². The van der Waals surface area contributed by atoms with Crippen molar-refractivity contribution in [3.8, 4) is 0 Å². The lowest BCUT2D eigenvalue weighted by atomic mass is 10.2. The molecule has 3 N–H and O–H groups in total. The van der Waals surface area contributed by atoms with Crippen LogP contribution in [0.5, 0.6) is 0 Å². The van der Waals surface area contributed by atoms with Crippen molar-refractivity contribution in [1.82, 2.24) is 10.0 Å².